The fourth-order valence-electron chi connectivity index (χ4n) is 3.47. The minimum Gasteiger partial charge on any atom is -0.508 e. The van der Waals surface area contributed by atoms with Crippen LogP contribution < -0.4 is 10.0 Å². The molecule has 0 amide bonds. The number of nitrogens with one attached hydrogen (secondary N) is 2. The number of aromatic nitrogens is 4. The van der Waals surface area contributed by atoms with Crippen LogP contribution in [0.5, 0.6) is 5.75 Å². The van der Waals surface area contributed by atoms with Crippen LogP contribution in [0.4, 0.5) is 5.95 Å². The quantitative estimate of drug-likeness (QED) is 0.283. The van der Waals surface area contributed by atoms with E-state index in [-0.39, 0.29) is 17.2 Å². The normalized spacial score (nSPS) is 11.6. The Balaban J connectivity index is 1.35. The molecule has 5 aromatic rings. The lowest BCUT2D eigenvalue weighted by Gasteiger charge is -2.09. The Morgan fingerprint density at radius 1 is 0.971 bits per heavy atom. The van der Waals surface area contributed by atoms with E-state index in [4.69, 9.17) is 4.98 Å². The Morgan fingerprint density at radius 2 is 1.76 bits per heavy atom. The Kier molecular flexibility index (Phi) is 5.97. The average molecular weight is 493 g/mol. The van der Waals surface area contributed by atoms with Crippen molar-refractivity contribution < 1.29 is 13.5 Å². The first kappa shape index (κ1) is 22.0. The predicted octanol–water partition coefficient (Wildman–Crippen LogP) is 3.62. The van der Waals surface area contributed by atoms with Crippen LogP contribution in [-0.4, -0.2) is 46.0 Å². The lowest BCUT2D eigenvalue weighted by Crippen LogP contribution is -2.29. The Hall–Kier alpha value is -3.80. The first-order chi connectivity index (χ1) is 16.5. The highest BCUT2D eigenvalue weighted by Crippen LogP contribution is 2.34. The fraction of sp³-hybridized carbons (Fsp3) is 0.0870. The molecule has 0 spiro atoms. The molecule has 0 atom stereocenters. The molecule has 0 radical (unpaired) electrons. The number of sulfonamides is 1. The van der Waals surface area contributed by atoms with Crippen LogP contribution in [0, 0.1) is 0 Å². The molecule has 0 aliphatic rings. The smallest absolute Gasteiger partial charge is 0.240 e. The van der Waals surface area contributed by atoms with Crippen LogP contribution in [0.2, 0.25) is 0 Å². The SMILES string of the molecule is O=S(=O)(NCCNc1nccc(-c2c(-c3ccc(O)cc3)nc3sccn23)n1)c1ccccc1. The molecule has 34 heavy (non-hydrogen) atoms. The maximum absolute atomic E-state index is 12.4. The number of aromatic hydroxyl groups is 1. The number of hydrogen-bond acceptors (Lipinski definition) is 8. The summed E-state index contributed by atoms with van der Waals surface area (Å²) in [4.78, 5) is 14.7. The van der Waals surface area contributed by atoms with Gasteiger partial charge in [0.05, 0.1) is 16.3 Å². The van der Waals surface area contributed by atoms with Crippen molar-refractivity contribution in [2.45, 2.75) is 4.90 Å². The van der Waals surface area contributed by atoms with E-state index in [0.29, 0.717) is 18.2 Å². The van der Waals surface area contributed by atoms with E-state index in [9.17, 15) is 13.5 Å². The molecule has 172 valence electrons. The molecule has 0 saturated heterocycles. The van der Waals surface area contributed by atoms with Crippen molar-refractivity contribution in [1.82, 2.24) is 24.1 Å². The molecule has 3 N–H and O–H groups in total. The molecule has 3 heterocycles. The largest absolute Gasteiger partial charge is 0.508 e. The van der Waals surface area contributed by atoms with Crippen LogP contribution in [0.1, 0.15) is 0 Å². The number of thiazole rings is 1. The molecule has 0 unspecified atom stereocenters. The van der Waals surface area contributed by atoms with Crippen molar-refractivity contribution in [3.63, 3.8) is 0 Å². The van der Waals surface area contributed by atoms with Crippen molar-refractivity contribution >= 4 is 32.3 Å². The minimum atomic E-state index is -3.57. The topological polar surface area (TPSA) is 122 Å². The summed E-state index contributed by atoms with van der Waals surface area (Å²) in [5.74, 6) is 0.556. The standard InChI is InChI=1S/C23H20N6O3S2/c30-17-8-6-16(7-9-17)20-21(29-14-15-33-23(29)28-20)19-10-11-24-22(27-19)25-12-13-26-34(31,32)18-4-2-1-3-5-18/h1-11,14-15,26,30H,12-13H2,(H,24,25,27). The van der Waals surface area contributed by atoms with Crippen LogP contribution >= 0.6 is 11.3 Å². The average Bonchev–Trinajstić information content (AvgIpc) is 3.45. The number of benzene rings is 2. The second-order valence-electron chi connectivity index (χ2n) is 7.31. The zero-order valence-electron chi connectivity index (χ0n) is 17.8. The van der Waals surface area contributed by atoms with Gasteiger partial charge in [0.25, 0.3) is 0 Å². The number of phenolic OH excluding ortho intramolecular Hbond substituents is 1. The third-order valence-corrected chi connectivity index (χ3v) is 7.29. The molecule has 9 nitrogen and oxygen atoms in total. The van der Waals surface area contributed by atoms with Gasteiger partial charge in [-0.1, -0.05) is 18.2 Å². The molecule has 11 heteroatoms. The first-order valence-electron chi connectivity index (χ1n) is 10.4. The summed E-state index contributed by atoms with van der Waals surface area (Å²) >= 11 is 1.51. The lowest BCUT2D eigenvalue weighted by atomic mass is 10.1. The summed E-state index contributed by atoms with van der Waals surface area (Å²) in [6, 6.07) is 16.9. The molecule has 3 aromatic heterocycles. The zero-order chi connectivity index (χ0) is 23.5. The van der Waals surface area contributed by atoms with Crippen molar-refractivity contribution in [3.8, 4) is 28.4 Å². The van der Waals surface area contributed by atoms with E-state index in [1.54, 1.807) is 54.7 Å². The Morgan fingerprint density at radius 3 is 2.56 bits per heavy atom. The summed E-state index contributed by atoms with van der Waals surface area (Å²) in [6.07, 6.45) is 3.57. The van der Waals surface area contributed by atoms with Gasteiger partial charge in [-0.15, -0.1) is 11.3 Å². The number of fused-ring (bicyclic) bond motifs is 1. The van der Waals surface area contributed by atoms with Gasteiger partial charge in [-0.3, -0.25) is 4.40 Å². The summed E-state index contributed by atoms with van der Waals surface area (Å²) in [5, 5.41) is 14.7. The maximum Gasteiger partial charge on any atom is 0.240 e. The van der Waals surface area contributed by atoms with Gasteiger partial charge >= 0.3 is 0 Å². The molecule has 2 aromatic carbocycles. The van der Waals surface area contributed by atoms with Crippen molar-refractivity contribution in [2.24, 2.45) is 0 Å². The fourth-order valence-corrected chi connectivity index (χ4v) is 5.24. The van der Waals surface area contributed by atoms with Gasteiger partial charge < -0.3 is 10.4 Å². The van der Waals surface area contributed by atoms with Gasteiger partial charge in [-0.05, 0) is 42.5 Å². The number of phenols is 1. The number of anilines is 1. The molecule has 0 fully saturated rings. The summed E-state index contributed by atoms with van der Waals surface area (Å²) in [5.41, 5.74) is 3.06. The molecule has 0 saturated carbocycles. The van der Waals surface area contributed by atoms with E-state index >= 15 is 0 Å². The number of hydrogen-bond donors (Lipinski definition) is 3. The number of nitrogens with zero attached hydrogens (tertiary/aromatic N) is 4. The van der Waals surface area contributed by atoms with E-state index in [2.05, 4.69) is 20.0 Å². The van der Waals surface area contributed by atoms with Crippen molar-refractivity contribution in [3.05, 3.63) is 78.4 Å². The predicted molar refractivity (Wildman–Crippen MR) is 131 cm³/mol. The van der Waals surface area contributed by atoms with Crippen LogP contribution in [0.15, 0.2) is 83.3 Å². The van der Waals surface area contributed by atoms with Crippen molar-refractivity contribution in [2.75, 3.05) is 18.4 Å². The van der Waals surface area contributed by atoms with Gasteiger partial charge in [-0.25, -0.2) is 28.1 Å². The molecular formula is C23H20N6O3S2. The Bertz CT molecular complexity index is 1530. The van der Waals surface area contributed by atoms with Crippen LogP contribution in [0.25, 0.3) is 27.6 Å². The number of rotatable bonds is 8. The summed E-state index contributed by atoms with van der Waals surface area (Å²) in [6.45, 7) is 0.478. The highest BCUT2D eigenvalue weighted by Gasteiger charge is 2.18. The van der Waals surface area contributed by atoms with E-state index in [1.165, 1.54) is 11.3 Å². The van der Waals surface area contributed by atoms with E-state index < -0.39 is 10.0 Å². The van der Waals surface area contributed by atoms with Gasteiger partial charge in [0.1, 0.15) is 11.4 Å². The van der Waals surface area contributed by atoms with Crippen LogP contribution in [-0.2, 0) is 10.0 Å². The van der Waals surface area contributed by atoms with Gasteiger partial charge in [0.15, 0.2) is 4.96 Å². The lowest BCUT2D eigenvalue weighted by molar-refractivity contribution is 0.475. The molecular weight excluding hydrogens is 472 g/mol. The second kappa shape index (κ2) is 9.21. The monoisotopic (exact) mass is 492 g/mol. The van der Waals surface area contributed by atoms with Crippen LogP contribution in [0.3, 0.4) is 0 Å². The summed E-state index contributed by atoms with van der Waals surface area (Å²) < 4.78 is 29.2. The maximum atomic E-state index is 12.4. The summed E-state index contributed by atoms with van der Waals surface area (Å²) in [7, 11) is -3.57. The van der Waals surface area contributed by atoms with Crippen molar-refractivity contribution in [1.29, 1.82) is 0 Å². The van der Waals surface area contributed by atoms with E-state index in [0.717, 1.165) is 21.9 Å². The molecule has 0 aliphatic heterocycles. The third-order valence-electron chi connectivity index (χ3n) is 5.05. The highest BCUT2D eigenvalue weighted by atomic mass is 32.2. The molecule has 0 bridgehead atoms. The van der Waals surface area contributed by atoms with Gasteiger partial charge in [0.2, 0.25) is 16.0 Å². The molecule has 0 aliphatic carbocycles. The minimum absolute atomic E-state index is 0.172. The van der Waals surface area contributed by atoms with Gasteiger partial charge in [0, 0.05) is 36.4 Å². The number of imidazole rings is 1. The van der Waals surface area contributed by atoms with E-state index in [1.807, 2.05) is 28.1 Å². The third kappa shape index (κ3) is 4.49. The highest BCUT2D eigenvalue weighted by molar-refractivity contribution is 7.89. The molecule has 5 rings (SSSR count). The van der Waals surface area contributed by atoms with Gasteiger partial charge in [-0.2, -0.15) is 0 Å². The zero-order valence-corrected chi connectivity index (χ0v) is 19.4. The first-order valence-corrected chi connectivity index (χ1v) is 12.7. The Labute approximate surface area is 199 Å². The second-order valence-corrected chi connectivity index (χ2v) is 9.95.